The highest BCUT2D eigenvalue weighted by molar-refractivity contribution is 6.35. The molecule has 0 aliphatic rings. The standard InChI is InChI=1S/C17H19N3O3/c1-17(2,3)18-15(22)16(23)20-19-14(21)13-9-8-11-6-4-5-7-12(11)10-13/h4-10H,1-3H3,(H,18,22)(H,19,21)(H,20,23). The maximum absolute atomic E-state index is 12.0. The zero-order valence-corrected chi connectivity index (χ0v) is 13.3. The molecule has 6 heteroatoms. The average Bonchev–Trinajstić information content (AvgIpc) is 2.50. The Morgan fingerprint density at radius 1 is 0.826 bits per heavy atom. The number of fused-ring (bicyclic) bond motifs is 1. The highest BCUT2D eigenvalue weighted by atomic mass is 16.2. The summed E-state index contributed by atoms with van der Waals surface area (Å²) in [7, 11) is 0. The van der Waals surface area contributed by atoms with Crippen molar-refractivity contribution >= 4 is 28.5 Å². The zero-order chi connectivity index (χ0) is 17.0. The van der Waals surface area contributed by atoms with Gasteiger partial charge in [-0.3, -0.25) is 25.2 Å². The molecule has 2 aromatic rings. The van der Waals surface area contributed by atoms with Gasteiger partial charge >= 0.3 is 11.8 Å². The van der Waals surface area contributed by atoms with Crippen molar-refractivity contribution in [1.29, 1.82) is 0 Å². The maximum atomic E-state index is 12.0. The molecule has 0 radical (unpaired) electrons. The Balaban J connectivity index is 1.98. The number of hydrogen-bond donors (Lipinski definition) is 3. The Hall–Kier alpha value is -2.89. The molecule has 2 rings (SSSR count). The molecule has 0 heterocycles. The Labute approximate surface area is 134 Å². The van der Waals surface area contributed by atoms with Crippen molar-refractivity contribution in [3.05, 3.63) is 48.0 Å². The van der Waals surface area contributed by atoms with Gasteiger partial charge < -0.3 is 5.32 Å². The summed E-state index contributed by atoms with van der Waals surface area (Å²) in [5.41, 5.74) is 4.19. The van der Waals surface area contributed by atoms with Crippen LogP contribution < -0.4 is 16.2 Å². The van der Waals surface area contributed by atoms with E-state index in [0.717, 1.165) is 10.8 Å². The lowest BCUT2D eigenvalue weighted by molar-refractivity contribution is -0.140. The maximum Gasteiger partial charge on any atom is 0.327 e. The van der Waals surface area contributed by atoms with E-state index in [0.29, 0.717) is 5.56 Å². The molecule has 0 saturated carbocycles. The molecule has 2 aromatic carbocycles. The van der Waals surface area contributed by atoms with Gasteiger partial charge in [-0.15, -0.1) is 0 Å². The summed E-state index contributed by atoms with van der Waals surface area (Å²) in [5.74, 6) is -2.22. The highest BCUT2D eigenvalue weighted by Gasteiger charge is 2.20. The van der Waals surface area contributed by atoms with Gasteiger partial charge in [-0.25, -0.2) is 0 Å². The summed E-state index contributed by atoms with van der Waals surface area (Å²) in [6, 6.07) is 12.8. The van der Waals surface area contributed by atoms with Gasteiger partial charge in [0.25, 0.3) is 5.91 Å². The van der Waals surface area contributed by atoms with Gasteiger partial charge in [0.05, 0.1) is 0 Å². The third kappa shape index (κ3) is 4.54. The van der Waals surface area contributed by atoms with E-state index in [2.05, 4.69) is 16.2 Å². The van der Waals surface area contributed by atoms with Crippen molar-refractivity contribution in [1.82, 2.24) is 16.2 Å². The summed E-state index contributed by atoms with van der Waals surface area (Å²) < 4.78 is 0. The third-order valence-corrected chi connectivity index (χ3v) is 3.00. The normalized spacial score (nSPS) is 10.9. The summed E-state index contributed by atoms with van der Waals surface area (Å²) in [6.45, 7) is 5.27. The lowest BCUT2D eigenvalue weighted by Crippen LogP contribution is -2.52. The molecule has 0 atom stereocenters. The van der Waals surface area contributed by atoms with E-state index in [1.54, 1.807) is 32.9 Å². The average molecular weight is 313 g/mol. The fraction of sp³-hybridized carbons (Fsp3) is 0.235. The van der Waals surface area contributed by atoms with Gasteiger partial charge in [-0.05, 0) is 43.7 Å². The Kier molecular flexibility index (Phi) is 4.64. The molecule has 0 aliphatic carbocycles. The molecule has 0 fully saturated rings. The largest absolute Gasteiger partial charge is 0.343 e. The highest BCUT2D eigenvalue weighted by Crippen LogP contribution is 2.15. The first-order valence-electron chi connectivity index (χ1n) is 7.18. The van der Waals surface area contributed by atoms with Gasteiger partial charge in [0.1, 0.15) is 0 Å². The fourth-order valence-corrected chi connectivity index (χ4v) is 1.97. The van der Waals surface area contributed by atoms with Crippen molar-refractivity contribution in [3.8, 4) is 0 Å². The minimum Gasteiger partial charge on any atom is -0.343 e. The van der Waals surface area contributed by atoms with E-state index in [4.69, 9.17) is 0 Å². The van der Waals surface area contributed by atoms with Gasteiger partial charge in [0, 0.05) is 11.1 Å². The second-order valence-electron chi connectivity index (χ2n) is 6.17. The van der Waals surface area contributed by atoms with Crippen LogP contribution in [0.25, 0.3) is 10.8 Å². The monoisotopic (exact) mass is 313 g/mol. The molecule has 3 amide bonds. The second-order valence-corrected chi connectivity index (χ2v) is 6.17. The molecule has 120 valence electrons. The number of nitrogens with one attached hydrogen (secondary N) is 3. The first kappa shape index (κ1) is 16.5. The molecule has 0 aromatic heterocycles. The molecule has 23 heavy (non-hydrogen) atoms. The third-order valence-electron chi connectivity index (χ3n) is 3.00. The predicted octanol–water partition coefficient (Wildman–Crippen LogP) is 1.52. The van der Waals surface area contributed by atoms with Crippen LogP contribution in [-0.2, 0) is 9.59 Å². The Bertz CT molecular complexity index is 763. The van der Waals surface area contributed by atoms with Crippen LogP contribution in [0.2, 0.25) is 0 Å². The smallest absolute Gasteiger partial charge is 0.327 e. The van der Waals surface area contributed by atoms with Gasteiger partial charge in [-0.2, -0.15) is 0 Å². The Morgan fingerprint density at radius 3 is 2.13 bits per heavy atom. The van der Waals surface area contributed by atoms with Gasteiger partial charge in [0.2, 0.25) is 0 Å². The Morgan fingerprint density at radius 2 is 1.48 bits per heavy atom. The van der Waals surface area contributed by atoms with Gasteiger partial charge in [-0.1, -0.05) is 30.3 Å². The van der Waals surface area contributed by atoms with E-state index in [1.807, 2.05) is 30.3 Å². The number of carbonyl (C=O) groups excluding carboxylic acids is 3. The van der Waals surface area contributed by atoms with Crippen molar-refractivity contribution in [2.24, 2.45) is 0 Å². The molecule has 0 bridgehead atoms. The number of amides is 3. The fourth-order valence-electron chi connectivity index (χ4n) is 1.97. The molecule has 0 unspecified atom stereocenters. The minimum atomic E-state index is -0.922. The number of hydrazine groups is 1. The molecule has 0 aliphatic heterocycles. The lowest BCUT2D eigenvalue weighted by atomic mass is 10.1. The quantitative estimate of drug-likeness (QED) is 0.551. The van der Waals surface area contributed by atoms with Crippen LogP contribution >= 0.6 is 0 Å². The van der Waals surface area contributed by atoms with Crippen LogP contribution in [0.5, 0.6) is 0 Å². The summed E-state index contributed by atoms with van der Waals surface area (Å²) >= 11 is 0. The molecule has 0 saturated heterocycles. The van der Waals surface area contributed by atoms with Crippen LogP contribution in [0, 0.1) is 0 Å². The molecule has 6 nitrogen and oxygen atoms in total. The van der Waals surface area contributed by atoms with Crippen molar-refractivity contribution in [3.63, 3.8) is 0 Å². The zero-order valence-electron chi connectivity index (χ0n) is 13.3. The van der Waals surface area contributed by atoms with Crippen molar-refractivity contribution in [2.75, 3.05) is 0 Å². The van der Waals surface area contributed by atoms with Crippen LogP contribution in [0.15, 0.2) is 42.5 Å². The number of carbonyl (C=O) groups is 3. The van der Waals surface area contributed by atoms with E-state index in [-0.39, 0.29) is 0 Å². The van der Waals surface area contributed by atoms with Gasteiger partial charge in [0.15, 0.2) is 0 Å². The van der Waals surface area contributed by atoms with Crippen molar-refractivity contribution < 1.29 is 14.4 Å². The van der Waals surface area contributed by atoms with Crippen LogP contribution in [0.4, 0.5) is 0 Å². The summed E-state index contributed by atoms with van der Waals surface area (Å²) in [6.07, 6.45) is 0. The van der Waals surface area contributed by atoms with E-state index >= 15 is 0 Å². The minimum absolute atomic E-state index is 0.389. The van der Waals surface area contributed by atoms with E-state index < -0.39 is 23.3 Å². The summed E-state index contributed by atoms with van der Waals surface area (Å²) in [4.78, 5) is 35.3. The van der Waals surface area contributed by atoms with E-state index in [1.165, 1.54) is 0 Å². The van der Waals surface area contributed by atoms with Crippen LogP contribution in [0.1, 0.15) is 31.1 Å². The predicted molar refractivity (Wildman–Crippen MR) is 87.5 cm³/mol. The number of rotatable bonds is 1. The molecule has 0 spiro atoms. The van der Waals surface area contributed by atoms with Crippen LogP contribution in [0.3, 0.4) is 0 Å². The first-order chi connectivity index (χ1) is 10.8. The second kappa shape index (κ2) is 6.48. The molecular formula is C17H19N3O3. The number of hydrogen-bond acceptors (Lipinski definition) is 3. The molecular weight excluding hydrogens is 294 g/mol. The summed E-state index contributed by atoms with van der Waals surface area (Å²) in [5, 5.41) is 4.43. The van der Waals surface area contributed by atoms with E-state index in [9.17, 15) is 14.4 Å². The topological polar surface area (TPSA) is 87.3 Å². The lowest BCUT2D eigenvalue weighted by Gasteiger charge is -2.19. The number of benzene rings is 2. The van der Waals surface area contributed by atoms with Crippen LogP contribution in [-0.4, -0.2) is 23.3 Å². The molecule has 3 N–H and O–H groups in total. The first-order valence-corrected chi connectivity index (χ1v) is 7.18. The van der Waals surface area contributed by atoms with Crippen molar-refractivity contribution in [2.45, 2.75) is 26.3 Å². The SMILES string of the molecule is CC(C)(C)NC(=O)C(=O)NNC(=O)c1ccc2ccccc2c1.